The van der Waals surface area contributed by atoms with Gasteiger partial charge in [-0.15, -0.1) is 12.4 Å². The molecular weight excluding hydrogens is 326 g/mol. The number of rotatable bonds is 5. The zero-order valence-corrected chi connectivity index (χ0v) is 13.2. The van der Waals surface area contributed by atoms with Gasteiger partial charge in [-0.05, 0) is 29.8 Å². The van der Waals surface area contributed by atoms with Crippen LogP contribution in [-0.4, -0.2) is 24.5 Å². The second kappa shape index (κ2) is 8.33. The molecule has 23 heavy (non-hydrogen) atoms. The molecule has 2 aromatic carbocycles. The van der Waals surface area contributed by atoms with E-state index in [1.807, 2.05) is 0 Å². The first kappa shape index (κ1) is 18.7. The van der Waals surface area contributed by atoms with E-state index in [1.165, 1.54) is 17.0 Å². The number of anilines is 1. The minimum atomic E-state index is -2.88. The quantitative estimate of drug-likeness (QED) is 0.845. The van der Waals surface area contributed by atoms with E-state index in [-0.39, 0.29) is 30.6 Å². The number of carbonyl (C=O) groups excluding carboxylic acids is 1. The number of amides is 1. The molecule has 2 N–H and O–H groups in total. The fourth-order valence-corrected chi connectivity index (χ4v) is 2.06. The highest BCUT2D eigenvalue weighted by Crippen LogP contribution is 2.18. The second-order valence-electron chi connectivity index (χ2n) is 4.77. The average Bonchev–Trinajstić information content (AvgIpc) is 2.46. The van der Waals surface area contributed by atoms with Crippen LogP contribution in [0.1, 0.15) is 15.9 Å². The summed E-state index contributed by atoms with van der Waals surface area (Å²) in [6.07, 6.45) is 0. The number of ether oxygens (including phenoxy) is 1. The summed E-state index contributed by atoms with van der Waals surface area (Å²) in [7, 11) is 1.62. The number of nitrogen functional groups attached to an aromatic ring is 1. The van der Waals surface area contributed by atoms with Crippen LogP contribution in [0.5, 0.6) is 5.75 Å². The molecule has 7 heteroatoms. The van der Waals surface area contributed by atoms with E-state index >= 15 is 0 Å². The van der Waals surface area contributed by atoms with Gasteiger partial charge in [0.2, 0.25) is 0 Å². The molecule has 0 spiro atoms. The zero-order valence-electron chi connectivity index (χ0n) is 12.4. The van der Waals surface area contributed by atoms with Gasteiger partial charge in [-0.25, -0.2) is 0 Å². The van der Waals surface area contributed by atoms with Crippen molar-refractivity contribution in [1.82, 2.24) is 4.90 Å². The van der Waals surface area contributed by atoms with Gasteiger partial charge in [0.05, 0.1) is 5.56 Å². The summed E-state index contributed by atoms with van der Waals surface area (Å²) in [5, 5.41) is 0. The number of para-hydroxylation sites is 1. The highest BCUT2D eigenvalue weighted by molar-refractivity contribution is 5.98. The lowest BCUT2D eigenvalue weighted by Gasteiger charge is -2.18. The maximum Gasteiger partial charge on any atom is 0.387 e. The number of nitrogens with two attached hydrogens (primary N) is 1. The Morgan fingerprint density at radius 1 is 1.22 bits per heavy atom. The van der Waals surface area contributed by atoms with Crippen molar-refractivity contribution in [3.63, 3.8) is 0 Å². The Kier molecular flexibility index (Phi) is 6.78. The maximum atomic E-state index is 12.3. The molecule has 0 bridgehead atoms. The van der Waals surface area contributed by atoms with Crippen LogP contribution in [0, 0.1) is 0 Å². The Hall–Kier alpha value is -2.34. The number of hydrogen-bond acceptors (Lipinski definition) is 3. The molecule has 0 heterocycles. The van der Waals surface area contributed by atoms with Crippen LogP contribution in [0.25, 0.3) is 0 Å². The van der Waals surface area contributed by atoms with Crippen LogP contribution >= 0.6 is 12.4 Å². The summed E-state index contributed by atoms with van der Waals surface area (Å²) in [6, 6.07) is 13.0. The summed E-state index contributed by atoms with van der Waals surface area (Å²) in [5.74, 6) is -0.175. The molecule has 0 aromatic heterocycles. The van der Waals surface area contributed by atoms with Crippen LogP contribution < -0.4 is 10.5 Å². The van der Waals surface area contributed by atoms with E-state index in [0.717, 1.165) is 0 Å². The normalized spacial score (nSPS) is 10.1. The van der Waals surface area contributed by atoms with Crippen LogP contribution in [0.2, 0.25) is 0 Å². The molecule has 0 aliphatic rings. The second-order valence-corrected chi connectivity index (χ2v) is 4.77. The molecule has 2 aromatic rings. The van der Waals surface area contributed by atoms with Gasteiger partial charge in [0.15, 0.2) is 0 Å². The first-order chi connectivity index (χ1) is 10.5. The molecule has 4 nitrogen and oxygen atoms in total. The van der Waals surface area contributed by atoms with E-state index in [4.69, 9.17) is 5.73 Å². The van der Waals surface area contributed by atoms with Crippen LogP contribution in [0.4, 0.5) is 14.5 Å². The molecule has 0 saturated heterocycles. The van der Waals surface area contributed by atoms with E-state index in [9.17, 15) is 13.6 Å². The van der Waals surface area contributed by atoms with E-state index in [2.05, 4.69) is 4.74 Å². The van der Waals surface area contributed by atoms with Gasteiger partial charge in [-0.2, -0.15) is 8.78 Å². The third-order valence-electron chi connectivity index (χ3n) is 3.08. The highest BCUT2D eigenvalue weighted by atomic mass is 35.5. The number of hydrogen-bond donors (Lipinski definition) is 1. The topological polar surface area (TPSA) is 55.6 Å². The minimum absolute atomic E-state index is 0. The molecular formula is C16H17ClF2N2O2. The monoisotopic (exact) mass is 342 g/mol. The SMILES string of the molecule is CN(Cc1cccc(OC(F)F)c1)C(=O)c1ccccc1N.Cl. The Bertz CT molecular complexity index is 668. The largest absolute Gasteiger partial charge is 0.435 e. The number of alkyl halides is 2. The third kappa shape index (κ3) is 5.10. The molecule has 0 aliphatic carbocycles. The van der Waals surface area contributed by atoms with Gasteiger partial charge < -0.3 is 15.4 Å². The predicted molar refractivity (Wildman–Crippen MR) is 87.0 cm³/mol. The van der Waals surface area contributed by atoms with Gasteiger partial charge in [0.1, 0.15) is 5.75 Å². The van der Waals surface area contributed by atoms with Gasteiger partial charge in [-0.1, -0.05) is 24.3 Å². The first-order valence-electron chi connectivity index (χ1n) is 6.61. The molecule has 0 fully saturated rings. The molecule has 0 unspecified atom stereocenters. The molecule has 0 saturated carbocycles. The summed E-state index contributed by atoms with van der Waals surface area (Å²) in [5.41, 5.74) is 7.27. The number of nitrogens with zero attached hydrogens (tertiary/aromatic N) is 1. The summed E-state index contributed by atoms with van der Waals surface area (Å²) >= 11 is 0. The van der Waals surface area contributed by atoms with Crippen molar-refractivity contribution in [2.45, 2.75) is 13.2 Å². The zero-order chi connectivity index (χ0) is 16.1. The van der Waals surface area contributed by atoms with Crippen molar-refractivity contribution in [3.05, 3.63) is 59.7 Å². The Morgan fingerprint density at radius 3 is 2.57 bits per heavy atom. The van der Waals surface area contributed by atoms with Crippen molar-refractivity contribution in [2.75, 3.05) is 12.8 Å². The Labute approximate surface area is 139 Å². The Balaban J connectivity index is 0.00000264. The summed E-state index contributed by atoms with van der Waals surface area (Å²) < 4.78 is 28.8. The molecule has 0 radical (unpaired) electrons. The molecule has 1 amide bonds. The van der Waals surface area contributed by atoms with Gasteiger partial charge in [-0.3, -0.25) is 4.79 Å². The van der Waals surface area contributed by atoms with Gasteiger partial charge >= 0.3 is 6.61 Å². The van der Waals surface area contributed by atoms with E-state index in [0.29, 0.717) is 16.8 Å². The van der Waals surface area contributed by atoms with Gasteiger partial charge in [0, 0.05) is 19.3 Å². The van der Waals surface area contributed by atoms with Crippen LogP contribution in [0.3, 0.4) is 0 Å². The number of carbonyl (C=O) groups is 1. The number of benzene rings is 2. The molecule has 124 valence electrons. The standard InChI is InChI=1S/C16H16F2N2O2.ClH/c1-20(15(21)13-7-2-3-8-14(13)19)10-11-5-4-6-12(9-11)22-16(17)18;/h2-9,16H,10,19H2,1H3;1H. The average molecular weight is 343 g/mol. The lowest BCUT2D eigenvalue weighted by atomic mass is 10.1. The summed E-state index contributed by atoms with van der Waals surface area (Å²) in [6.45, 7) is -2.62. The minimum Gasteiger partial charge on any atom is -0.435 e. The highest BCUT2D eigenvalue weighted by Gasteiger charge is 2.15. The lowest BCUT2D eigenvalue weighted by molar-refractivity contribution is -0.0499. The molecule has 2 rings (SSSR count). The van der Waals surface area contributed by atoms with E-state index in [1.54, 1.807) is 43.4 Å². The smallest absolute Gasteiger partial charge is 0.387 e. The number of halogens is 3. The summed E-state index contributed by atoms with van der Waals surface area (Å²) in [4.78, 5) is 13.8. The van der Waals surface area contributed by atoms with Crippen molar-refractivity contribution in [3.8, 4) is 5.75 Å². The molecule has 0 atom stereocenters. The lowest BCUT2D eigenvalue weighted by Crippen LogP contribution is -2.26. The van der Waals surface area contributed by atoms with Crippen molar-refractivity contribution < 1.29 is 18.3 Å². The third-order valence-corrected chi connectivity index (χ3v) is 3.08. The van der Waals surface area contributed by atoms with Gasteiger partial charge in [0.25, 0.3) is 5.91 Å². The fraction of sp³-hybridized carbons (Fsp3) is 0.188. The first-order valence-corrected chi connectivity index (χ1v) is 6.61. The molecule has 0 aliphatic heterocycles. The van der Waals surface area contributed by atoms with Crippen molar-refractivity contribution in [2.24, 2.45) is 0 Å². The fourth-order valence-electron chi connectivity index (χ4n) is 2.06. The maximum absolute atomic E-state index is 12.3. The Morgan fingerprint density at radius 2 is 1.91 bits per heavy atom. The van der Waals surface area contributed by atoms with Crippen LogP contribution in [0.15, 0.2) is 48.5 Å². The van der Waals surface area contributed by atoms with Crippen molar-refractivity contribution >= 4 is 24.0 Å². The predicted octanol–water partition coefficient (Wildman–Crippen LogP) is 3.56. The van der Waals surface area contributed by atoms with Crippen LogP contribution in [-0.2, 0) is 6.54 Å². The van der Waals surface area contributed by atoms with E-state index < -0.39 is 6.61 Å². The van der Waals surface area contributed by atoms with Crippen molar-refractivity contribution in [1.29, 1.82) is 0 Å².